The molecule has 100 valence electrons. The van der Waals surface area contributed by atoms with Gasteiger partial charge in [-0.2, -0.15) is 0 Å². The van der Waals surface area contributed by atoms with Crippen LogP contribution < -0.4 is 10.1 Å². The van der Waals surface area contributed by atoms with Gasteiger partial charge in [0.2, 0.25) is 0 Å². The van der Waals surface area contributed by atoms with Crippen LogP contribution in [0.15, 0.2) is 18.2 Å². The van der Waals surface area contributed by atoms with E-state index in [-0.39, 0.29) is 0 Å². The molecule has 0 aromatic heterocycles. The van der Waals surface area contributed by atoms with E-state index in [9.17, 15) is 0 Å². The lowest BCUT2D eigenvalue weighted by Gasteiger charge is -2.29. The van der Waals surface area contributed by atoms with Gasteiger partial charge in [0.1, 0.15) is 5.75 Å². The van der Waals surface area contributed by atoms with Gasteiger partial charge in [-0.1, -0.05) is 19.4 Å². The van der Waals surface area contributed by atoms with Crippen LogP contribution in [-0.2, 0) is 6.42 Å². The molecule has 1 aromatic carbocycles. The van der Waals surface area contributed by atoms with E-state index in [0.29, 0.717) is 12.1 Å². The predicted octanol–water partition coefficient (Wildman–Crippen LogP) is 3.85. The summed E-state index contributed by atoms with van der Waals surface area (Å²) in [4.78, 5) is 0. The maximum Gasteiger partial charge on any atom is 0.119 e. The van der Waals surface area contributed by atoms with Crippen molar-refractivity contribution in [1.82, 2.24) is 5.32 Å². The van der Waals surface area contributed by atoms with Crippen LogP contribution in [0.3, 0.4) is 0 Å². The Morgan fingerprint density at radius 1 is 1.44 bits per heavy atom. The predicted molar refractivity (Wildman–Crippen MR) is 76.2 cm³/mol. The third kappa shape index (κ3) is 3.05. The zero-order valence-electron chi connectivity index (χ0n) is 11.8. The Kier molecular flexibility index (Phi) is 4.65. The fourth-order valence-corrected chi connectivity index (χ4v) is 2.95. The van der Waals surface area contributed by atoms with Crippen molar-refractivity contribution >= 4 is 0 Å². The molecular weight excluding hydrogens is 222 g/mol. The van der Waals surface area contributed by atoms with E-state index in [2.05, 4.69) is 37.4 Å². The fraction of sp³-hybridized carbons (Fsp3) is 0.625. The Morgan fingerprint density at radius 3 is 3.00 bits per heavy atom. The molecule has 2 nitrogen and oxygen atoms in total. The average molecular weight is 247 g/mol. The Morgan fingerprint density at radius 2 is 2.28 bits per heavy atom. The van der Waals surface area contributed by atoms with Crippen molar-refractivity contribution < 1.29 is 4.74 Å². The van der Waals surface area contributed by atoms with E-state index in [1.165, 1.54) is 43.2 Å². The molecule has 0 fully saturated rings. The van der Waals surface area contributed by atoms with Crippen molar-refractivity contribution in [2.75, 3.05) is 7.11 Å². The van der Waals surface area contributed by atoms with Crippen LogP contribution in [-0.4, -0.2) is 13.2 Å². The van der Waals surface area contributed by atoms with Crippen LogP contribution in [0.5, 0.6) is 5.75 Å². The highest BCUT2D eigenvalue weighted by Gasteiger charge is 2.21. The van der Waals surface area contributed by atoms with Gasteiger partial charge in [-0.15, -0.1) is 0 Å². The summed E-state index contributed by atoms with van der Waals surface area (Å²) in [6.07, 6.45) is 6.22. The van der Waals surface area contributed by atoms with Crippen LogP contribution in [0, 0.1) is 0 Å². The molecule has 1 aromatic rings. The minimum atomic E-state index is 0.529. The van der Waals surface area contributed by atoms with Gasteiger partial charge in [-0.25, -0.2) is 0 Å². The Balaban J connectivity index is 2.12. The first-order valence-electron chi connectivity index (χ1n) is 7.17. The summed E-state index contributed by atoms with van der Waals surface area (Å²) in [5.41, 5.74) is 2.94. The van der Waals surface area contributed by atoms with Gasteiger partial charge in [0.05, 0.1) is 7.11 Å². The highest BCUT2D eigenvalue weighted by atomic mass is 16.5. The van der Waals surface area contributed by atoms with Crippen molar-refractivity contribution in [3.8, 4) is 5.75 Å². The van der Waals surface area contributed by atoms with Gasteiger partial charge >= 0.3 is 0 Å². The van der Waals surface area contributed by atoms with E-state index in [1.54, 1.807) is 7.11 Å². The van der Waals surface area contributed by atoms with E-state index in [4.69, 9.17) is 4.74 Å². The normalized spacial score (nSPS) is 20.3. The maximum atomic E-state index is 5.31. The van der Waals surface area contributed by atoms with Crippen LogP contribution in [0.25, 0.3) is 0 Å². The van der Waals surface area contributed by atoms with E-state index < -0.39 is 0 Å². The minimum absolute atomic E-state index is 0.529. The summed E-state index contributed by atoms with van der Waals surface area (Å²) in [5.74, 6) is 0.982. The monoisotopic (exact) mass is 247 g/mol. The number of nitrogens with one attached hydrogen (secondary N) is 1. The van der Waals surface area contributed by atoms with E-state index in [1.807, 2.05) is 0 Å². The highest BCUT2D eigenvalue weighted by molar-refractivity contribution is 5.39. The Hall–Kier alpha value is -1.02. The summed E-state index contributed by atoms with van der Waals surface area (Å²) in [5, 5.41) is 3.77. The molecule has 2 atom stereocenters. The summed E-state index contributed by atoms with van der Waals surface area (Å²) >= 11 is 0. The van der Waals surface area contributed by atoms with Crippen molar-refractivity contribution in [2.45, 2.75) is 58.0 Å². The van der Waals surface area contributed by atoms with Crippen molar-refractivity contribution in [1.29, 1.82) is 0 Å². The lowest BCUT2D eigenvalue weighted by molar-refractivity contribution is 0.389. The van der Waals surface area contributed by atoms with Crippen molar-refractivity contribution in [3.63, 3.8) is 0 Å². The molecular formula is C16H25NO. The molecule has 0 amide bonds. The SMILES string of the molecule is CCCC(C)NC1CCCc2cc(OC)ccc21. The highest BCUT2D eigenvalue weighted by Crippen LogP contribution is 2.32. The molecule has 0 aliphatic heterocycles. The molecule has 0 radical (unpaired) electrons. The molecule has 0 spiro atoms. The third-order valence-electron chi connectivity index (χ3n) is 3.87. The zero-order chi connectivity index (χ0) is 13.0. The molecule has 2 rings (SSSR count). The lowest BCUT2D eigenvalue weighted by Crippen LogP contribution is -2.32. The van der Waals surface area contributed by atoms with Crippen molar-refractivity contribution in [3.05, 3.63) is 29.3 Å². The molecule has 0 saturated carbocycles. The molecule has 0 saturated heterocycles. The van der Waals surface area contributed by atoms with E-state index >= 15 is 0 Å². The lowest BCUT2D eigenvalue weighted by atomic mass is 9.87. The second-order valence-electron chi connectivity index (χ2n) is 5.37. The second kappa shape index (κ2) is 6.24. The summed E-state index contributed by atoms with van der Waals surface area (Å²) in [6.45, 7) is 4.54. The molecule has 2 heteroatoms. The molecule has 0 bridgehead atoms. The van der Waals surface area contributed by atoms with Gasteiger partial charge in [0.25, 0.3) is 0 Å². The average Bonchev–Trinajstić information content (AvgIpc) is 2.38. The van der Waals surface area contributed by atoms with Crippen LogP contribution in [0.2, 0.25) is 0 Å². The first-order chi connectivity index (χ1) is 8.74. The van der Waals surface area contributed by atoms with Gasteiger partial charge in [-0.05, 0) is 55.9 Å². The molecule has 1 aliphatic rings. The summed E-state index contributed by atoms with van der Waals surface area (Å²) in [6, 6.07) is 7.66. The largest absolute Gasteiger partial charge is 0.497 e. The molecule has 0 heterocycles. The number of benzene rings is 1. The number of rotatable bonds is 5. The smallest absolute Gasteiger partial charge is 0.119 e. The quantitative estimate of drug-likeness (QED) is 0.853. The summed E-state index contributed by atoms with van der Waals surface area (Å²) < 4.78 is 5.31. The van der Waals surface area contributed by atoms with Crippen molar-refractivity contribution in [2.24, 2.45) is 0 Å². The number of hydrogen-bond acceptors (Lipinski definition) is 2. The molecule has 1 aliphatic carbocycles. The van der Waals surface area contributed by atoms with Gasteiger partial charge in [-0.3, -0.25) is 0 Å². The standard InChI is InChI=1S/C16H25NO/c1-4-6-12(2)17-16-8-5-7-13-11-14(18-3)9-10-15(13)16/h9-12,16-17H,4-8H2,1-3H3. The van der Waals surface area contributed by atoms with Crippen LogP contribution >= 0.6 is 0 Å². The Bertz CT molecular complexity index is 389. The second-order valence-corrected chi connectivity index (χ2v) is 5.37. The van der Waals surface area contributed by atoms with E-state index in [0.717, 1.165) is 5.75 Å². The van der Waals surface area contributed by atoms with Gasteiger partial charge in [0.15, 0.2) is 0 Å². The molecule has 1 N–H and O–H groups in total. The Labute approximate surface area is 111 Å². The van der Waals surface area contributed by atoms with Crippen LogP contribution in [0.4, 0.5) is 0 Å². The summed E-state index contributed by atoms with van der Waals surface area (Å²) in [7, 11) is 1.74. The van der Waals surface area contributed by atoms with Crippen LogP contribution in [0.1, 0.15) is 56.7 Å². The fourth-order valence-electron chi connectivity index (χ4n) is 2.95. The number of hydrogen-bond donors (Lipinski definition) is 1. The van der Waals surface area contributed by atoms with Gasteiger partial charge < -0.3 is 10.1 Å². The first kappa shape index (κ1) is 13.4. The number of fused-ring (bicyclic) bond motifs is 1. The minimum Gasteiger partial charge on any atom is -0.497 e. The first-order valence-corrected chi connectivity index (χ1v) is 7.17. The molecule has 18 heavy (non-hydrogen) atoms. The number of aryl methyl sites for hydroxylation is 1. The van der Waals surface area contributed by atoms with Gasteiger partial charge in [0, 0.05) is 12.1 Å². The molecule has 2 unspecified atom stereocenters. The zero-order valence-corrected chi connectivity index (χ0v) is 11.8. The number of ether oxygens (including phenoxy) is 1. The topological polar surface area (TPSA) is 21.3 Å². The maximum absolute atomic E-state index is 5.31. The third-order valence-corrected chi connectivity index (χ3v) is 3.87. The number of methoxy groups -OCH3 is 1.